The molecule has 18 heavy (non-hydrogen) atoms. The maximum absolute atomic E-state index is 12.9. The van der Waals surface area contributed by atoms with Crippen molar-refractivity contribution < 1.29 is 13.5 Å². The molecule has 0 aliphatic rings. The van der Waals surface area contributed by atoms with Crippen LogP contribution in [0.15, 0.2) is 6.20 Å². The molecule has 0 aliphatic carbocycles. The molecule has 0 spiro atoms. The molecule has 102 valence electrons. The van der Waals surface area contributed by atoms with Crippen LogP contribution in [-0.2, 0) is 17.9 Å². The Hall–Kier alpha value is -1.14. The molecule has 1 aromatic rings. The molecule has 0 radical (unpaired) electrons. The lowest BCUT2D eigenvalue weighted by molar-refractivity contribution is 0.123. The molecule has 4 nitrogen and oxygen atoms in total. The van der Waals surface area contributed by atoms with Gasteiger partial charge in [-0.25, -0.2) is 18.7 Å². The first-order chi connectivity index (χ1) is 8.69. The maximum atomic E-state index is 12.9. The molecular weight excluding hydrogens is 240 g/mol. The highest BCUT2D eigenvalue weighted by Gasteiger charge is 2.16. The summed E-state index contributed by atoms with van der Waals surface area (Å²) in [5.74, 6) is 0.298. The number of hydrogen-bond acceptors (Lipinski definition) is 4. The summed E-state index contributed by atoms with van der Waals surface area (Å²) >= 11 is 0. The van der Waals surface area contributed by atoms with Crippen LogP contribution in [-0.4, -0.2) is 23.1 Å². The van der Waals surface area contributed by atoms with Gasteiger partial charge in [0.1, 0.15) is 12.3 Å². The van der Waals surface area contributed by atoms with Crippen LogP contribution >= 0.6 is 0 Å². The maximum Gasteiger partial charge on any atom is 0.280 e. The van der Waals surface area contributed by atoms with Gasteiger partial charge in [0.2, 0.25) is 0 Å². The molecule has 0 fully saturated rings. The first-order valence-electron chi connectivity index (χ1n) is 6.10. The molecule has 0 unspecified atom stereocenters. The number of ether oxygens (including phenoxy) is 1. The largest absolute Gasteiger partial charge is 0.374 e. The minimum Gasteiger partial charge on any atom is -0.374 e. The summed E-state index contributed by atoms with van der Waals surface area (Å²) in [5.41, 5.74) is 0.238. The SMILES string of the molecule is CCCNCc1cnc(COCC)nc1C(F)F. The third-order valence-corrected chi connectivity index (χ3v) is 2.33. The zero-order chi connectivity index (χ0) is 13.4. The van der Waals surface area contributed by atoms with Gasteiger partial charge in [-0.1, -0.05) is 6.92 Å². The minimum atomic E-state index is -2.59. The van der Waals surface area contributed by atoms with Crippen molar-refractivity contribution in [3.8, 4) is 0 Å². The van der Waals surface area contributed by atoms with E-state index in [0.29, 0.717) is 24.5 Å². The lowest BCUT2D eigenvalue weighted by Gasteiger charge is -2.10. The lowest BCUT2D eigenvalue weighted by atomic mass is 10.2. The lowest BCUT2D eigenvalue weighted by Crippen LogP contribution is -2.17. The number of nitrogens with zero attached hydrogens (tertiary/aromatic N) is 2. The van der Waals surface area contributed by atoms with Gasteiger partial charge in [0, 0.05) is 24.9 Å². The van der Waals surface area contributed by atoms with E-state index in [-0.39, 0.29) is 12.3 Å². The molecule has 0 atom stereocenters. The van der Waals surface area contributed by atoms with E-state index in [1.54, 1.807) is 0 Å². The highest BCUT2D eigenvalue weighted by Crippen LogP contribution is 2.20. The Kier molecular flexibility index (Phi) is 6.67. The van der Waals surface area contributed by atoms with Crippen molar-refractivity contribution in [2.24, 2.45) is 0 Å². The van der Waals surface area contributed by atoms with E-state index in [0.717, 1.165) is 13.0 Å². The standard InChI is InChI=1S/C12H19F2N3O/c1-3-5-15-6-9-7-16-10(8-18-4-2)17-11(9)12(13)14/h7,12,15H,3-6,8H2,1-2H3. The second kappa shape index (κ2) is 8.05. The fourth-order valence-corrected chi connectivity index (χ4v) is 1.45. The van der Waals surface area contributed by atoms with Gasteiger partial charge in [-0.15, -0.1) is 0 Å². The number of alkyl halides is 2. The molecule has 0 bridgehead atoms. The number of hydrogen-bond donors (Lipinski definition) is 1. The van der Waals surface area contributed by atoms with Crippen LogP contribution in [0.3, 0.4) is 0 Å². The average Bonchev–Trinajstić information content (AvgIpc) is 2.37. The third kappa shape index (κ3) is 4.62. The van der Waals surface area contributed by atoms with Gasteiger partial charge < -0.3 is 10.1 Å². The Morgan fingerprint density at radius 2 is 2.17 bits per heavy atom. The fourth-order valence-electron chi connectivity index (χ4n) is 1.45. The molecular formula is C12H19F2N3O. The molecule has 0 saturated carbocycles. The van der Waals surface area contributed by atoms with E-state index in [1.165, 1.54) is 6.20 Å². The predicted octanol–water partition coefficient (Wildman–Crippen LogP) is 2.45. The van der Waals surface area contributed by atoms with Crippen LogP contribution in [0.1, 0.15) is 43.8 Å². The normalized spacial score (nSPS) is 11.2. The van der Waals surface area contributed by atoms with Crippen molar-refractivity contribution in [2.75, 3.05) is 13.2 Å². The van der Waals surface area contributed by atoms with Gasteiger partial charge >= 0.3 is 0 Å². The molecule has 1 heterocycles. The van der Waals surface area contributed by atoms with Crippen LogP contribution < -0.4 is 5.32 Å². The Labute approximate surface area is 106 Å². The summed E-state index contributed by atoms with van der Waals surface area (Å²) in [6, 6.07) is 0. The van der Waals surface area contributed by atoms with E-state index in [2.05, 4.69) is 15.3 Å². The zero-order valence-corrected chi connectivity index (χ0v) is 10.7. The molecule has 6 heteroatoms. The van der Waals surface area contributed by atoms with Gasteiger partial charge in [0.05, 0.1) is 0 Å². The summed E-state index contributed by atoms with van der Waals surface area (Å²) in [6.07, 6.45) is -0.189. The fraction of sp³-hybridized carbons (Fsp3) is 0.667. The van der Waals surface area contributed by atoms with Gasteiger partial charge in [-0.05, 0) is 19.9 Å². The van der Waals surface area contributed by atoms with Gasteiger partial charge in [-0.3, -0.25) is 0 Å². The van der Waals surface area contributed by atoms with Crippen LogP contribution in [0.25, 0.3) is 0 Å². The molecule has 1 aromatic heterocycles. The highest BCUT2D eigenvalue weighted by atomic mass is 19.3. The van der Waals surface area contributed by atoms with Crippen LogP contribution in [0.2, 0.25) is 0 Å². The molecule has 1 rings (SSSR count). The summed E-state index contributed by atoms with van der Waals surface area (Å²) in [5, 5.41) is 3.06. The Morgan fingerprint density at radius 1 is 1.39 bits per heavy atom. The van der Waals surface area contributed by atoms with Gasteiger partial charge in [0.15, 0.2) is 5.82 Å². The molecule has 0 amide bonds. The Balaban J connectivity index is 2.76. The summed E-state index contributed by atoms with van der Waals surface area (Å²) in [4.78, 5) is 7.89. The minimum absolute atomic E-state index is 0.166. The Morgan fingerprint density at radius 3 is 2.78 bits per heavy atom. The smallest absolute Gasteiger partial charge is 0.280 e. The van der Waals surface area contributed by atoms with Gasteiger partial charge in [-0.2, -0.15) is 0 Å². The molecule has 0 saturated heterocycles. The quantitative estimate of drug-likeness (QED) is 0.728. The summed E-state index contributed by atoms with van der Waals surface area (Å²) in [7, 11) is 0. The first kappa shape index (κ1) is 14.9. The van der Waals surface area contributed by atoms with Crippen molar-refractivity contribution in [3.63, 3.8) is 0 Å². The number of rotatable bonds is 8. The van der Waals surface area contributed by atoms with Gasteiger partial charge in [0.25, 0.3) is 6.43 Å². The summed E-state index contributed by atoms with van der Waals surface area (Å²) in [6.45, 7) is 5.66. The summed E-state index contributed by atoms with van der Waals surface area (Å²) < 4.78 is 30.9. The van der Waals surface area contributed by atoms with Crippen molar-refractivity contribution in [1.29, 1.82) is 0 Å². The number of halogens is 2. The van der Waals surface area contributed by atoms with Crippen LogP contribution in [0.4, 0.5) is 8.78 Å². The van der Waals surface area contributed by atoms with E-state index < -0.39 is 6.43 Å². The molecule has 0 aromatic carbocycles. The monoisotopic (exact) mass is 259 g/mol. The second-order valence-electron chi connectivity index (χ2n) is 3.81. The van der Waals surface area contributed by atoms with Crippen molar-refractivity contribution >= 4 is 0 Å². The molecule has 0 aliphatic heterocycles. The zero-order valence-electron chi connectivity index (χ0n) is 10.7. The van der Waals surface area contributed by atoms with Crippen molar-refractivity contribution in [1.82, 2.24) is 15.3 Å². The van der Waals surface area contributed by atoms with E-state index >= 15 is 0 Å². The third-order valence-electron chi connectivity index (χ3n) is 2.33. The Bertz CT molecular complexity index is 361. The van der Waals surface area contributed by atoms with Crippen molar-refractivity contribution in [3.05, 3.63) is 23.3 Å². The van der Waals surface area contributed by atoms with E-state index in [9.17, 15) is 8.78 Å². The predicted molar refractivity (Wildman–Crippen MR) is 64.3 cm³/mol. The van der Waals surface area contributed by atoms with Crippen molar-refractivity contribution in [2.45, 2.75) is 39.8 Å². The van der Waals surface area contributed by atoms with Crippen LogP contribution in [0.5, 0.6) is 0 Å². The van der Waals surface area contributed by atoms with Crippen LogP contribution in [0, 0.1) is 0 Å². The average molecular weight is 259 g/mol. The second-order valence-corrected chi connectivity index (χ2v) is 3.81. The highest BCUT2D eigenvalue weighted by molar-refractivity contribution is 5.18. The number of nitrogens with one attached hydrogen (secondary N) is 1. The topological polar surface area (TPSA) is 47.0 Å². The number of aromatic nitrogens is 2. The molecule has 1 N–H and O–H groups in total. The van der Waals surface area contributed by atoms with E-state index in [4.69, 9.17) is 4.74 Å². The first-order valence-corrected chi connectivity index (χ1v) is 6.10. The van der Waals surface area contributed by atoms with E-state index in [1.807, 2.05) is 13.8 Å².